The van der Waals surface area contributed by atoms with Crippen LogP contribution in [-0.2, 0) is 6.42 Å². The fourth-order valence-electron chi connectivity index (χ4n) is 1.12. The Balaban J connectivity index is 0.00000144. The highest BCUT2D eigenvalue weighted by molar-refractivity contribution is 6.30. The molecule has 74 valence electrons. The molecule has 0 radical (unpaired) electrons. The van der Waals surface area contributed by atoms with Gasteiger partial charge in [-0.3, -0.25) is 0 Å². The number of aryl methyl sites for hydroxylation is 1. The maximum Gasteiger partial charge on any atom is 0.0406 e. The molecule has 0 aliphatic heterocycles. The van der Waals surface area contributed by atoms with E-state index in [1.165, 1.54) is 12.0 Å². The van der Waals surface area contributed by atoms with Gasteiger partial charge in [0.25, 0.3) is 0 Å². The third kappa shape index (κ3) is 5.14. The molecular formula is C10H15Cl2N. The molecule has 13 heavy (non-hydrogen) atoms. The highest BCUT2D eigenvalue weighted by Crippen LogP contribution is 2.10. The van der Waals surface area contributed by atoms with Crippen LogP contribution in [0, 0.1) is 0 Å². The SMILES string of the molecule is CNCCCc1ccc(Cl)cc1.Cl. The second-order valence-electron chi connectivity index (χ2n) is 2.83. The molecule has 3 heteroatoms. The van der Waals surface area contributed by atoms with E-state index in [2.05, 4.69) is 17.4 Å². The van der Waals surface area contributed by atoms with Crippen LogP contribution in [0.15, 0.2) is 24.3 Å². The van der Waals surface area contributed by atoms with Crippen molar-refractivity contribution < 1.29 is 0 Å². The van der Waals surface area contributed by atoms with Crippen LogP contribution in [0.2, 0.25) is 5.02 Å². The van der Waals surface area contributed by atoms with E-state index in [-0.39, 0.29) is 12.4 Å². The highest BCUT2D eigenvalue weighted by Gasteiger charge is 1.91. The molecule has 0 aromatic heterocycles. The van der Waals surface area contributed by atoms with E-state index in [0.29, 0.717) is 0 Å². The van der Waals surface area contributed by atoms with Crippen molar-refractivity contribution in [1.29, 1.82) is 0 Å². The third-order valence-corrected chi connectivity index (χ3v) is 2.06. The van der Waals surface area contributed by atoms with Crippen LogP contribution in [0.25, 0.3) is 0 Å². The monoisotopic (exact) mass is 219 g/mol. The first-order valence-electron chi connectivity index (χ1n) is 4.22. The van der Waals surface area contributed by atoms with Crippen LogP contribution in [0.4, 0.5) is 0 Å². The van der Waals surface area contributed by atoms with Gasteiger partial charge >= 0.3 is 0 Å². The number of hydrogen-bond acceptors (Lipinski definition) is 1. The zero-order valence-electron chi connectivity index (χ0n) is 7.72. The Morgan fingerprint density at radius 1 is 1.23 bits per heavy atom. The summed E-state index contributed by atoms with van der Waals surface area (Å²) in [5.74, 6) is 0. The van der Waals surface area contributed by atoms with Gasteiger partial charge in [-0.2, -0.15) is 0 Å². The fraction of sp³-hybridized carbons (Fsp3) is 0.400. The Bertz CT molecular complexity index is 221. The van der Waals surface area contributed by atoms with E-state index >= 15 is 0 Å². The van der Waals surface area contributed by atoms with Crippen molar-refractivity contribution in [3.05, 3.63) is 34.9 Å². The van der Waals surface area contributed by atoms with Crippen molar-refractivity contribution in [2.75, 3.05) is 13.6 Å². The van der Waals surface area contributed by atoms with Gasteiger partial charge in [0.05, 0.1) is 0 Å². The lowest BCUT2D eigenvalue weighted by molar-refractivity contribution is 0.725. The van der Waals surface area contributed by atoms with Gasteiger partial charge in [0, 0.05) is 5.02 Å². The first-order chi connectivity index (χ1) is 5.83. The molecule has 0 fully saturated rings. The second-order valence-corrected chi connectivity index (χ2v) is 3.27. The molecule has 1 nitrogen and oxygen atoms in total. The Morgan fingerprint density at radius 3 is 2.38 bits per heavy atom. The van der Waals surface area contributed by atoms with Gasteiger partial charge in [0.2, 0.25) is 0 Å². The van der Waals surface area contributed by atoms with Crippen LogP contribution in [0.5, 0.6) is 0 Å². The van der Waals surface area contributed by atoms with Crippen LogP contribution in [-0.4, -0.2) is 13.6 Å². The molecule has 0 amide bonds. The summed E-state index contributed by atoms with van der Waals surface area (Å²) in [6.07, 6.45) is 2.30. The average Bonchev–Trinajstić information content (AvgIpc) is 2.09. The van der Waals surface area contributed by atoms with Crippen LogP contribution >= 0.6 is 24.0 Å². The number of hydrogen-bond donors (Lipinski definition) is 1. The van der Waals surface area contributed by atoms with Crippen molar-refractivity contribution in [2.45, 2.75) is 12.8 Å². The van der Waals surface area contributed by atoms with Gasteiger partial charge in [-0.25, -0.2) is 0 Å². The van der Waals surface area contributed by atoms with E-state index < -0.39 is 0 Å². The van der Waals surface area contributed by atoms with Gasteiger partial charge in [-0.05, 0) is 44.1 Å². The van der Waals surface area contributed by atoms with Gasteiger partial charge in [-0.15, -0.1) is 12.4 Å². The predicted octanol–water partition coefficient (Wildman–Crippen LogP) is 2.91. The van der Waals surface area contributed by atoms with Gasteiger partial charge in [-0.1, -0.05) is 23.7 Å². The minimum Gasteiger partial charge on any atom is -0.320 e. The molecule has 0 saturated carbocycles. The van der Waals surface area contributed by atoms with E-state index in [9.17, 15) is 0 Å². The summed E-state index contributed by atoms with van der Waals surface area (Å²) in [7, 11) is 1.97. The molecule has 0 bridgehead atoms. The predicted molar refractivity (Wildman–Crippen MR) is 60.9 cm³/mol. The summed E-state index contributed by atoms with van der Waals surface area (Å²) in [4.78, 5) is 0. The molecule has 1 aromatic rings. The first-order valence-corrected chi connectivity index (χ1v) is 4.60. The normalized spacial score (nSPS) is 9.38. The zero-order valence-corrected chi connectivity index (χ0v) is 9.29. The lowest BCUT2D eigenvalue weighted by Gasteiger charge is -2.00. The highest BCUT2D eigenvalue weighted by atomic mass is 35.5. The van der Waals surface area contributed by atoms with E-state index in [4.69, 9.17) is 11.6 Å². The number of nitrogens with one attached hydrogen (secondary N) is 1. The summed E-state index contributed by atoms with van der Waals surface area (Å²) in [5, 5.41) is 3.94. The topological polar surface area (TPSA) is 12.0 Å². The standard InChI is InChI=1S/C10H14ClN.ClH/c1-12-8-2-3-9-4-6-10(11)7-5-9;/h4-7,12H,2-3,8H2,1H3;1H. The number of rotatable bonds is 4. The van der Waals surface area contributed by atoms with Gasteiger partial charge < -0.3 is 5.32 Å². The summed E-state index contributed by atoms with van der Waals surface area (Å²) in [6, 6.07) is 8.04. The fourth-order valence-corrected chi connectivity index (χ4v) is 1.25. The molecular weight excluding hydrogens is 205 g/mol. The molecule has 0 atom stereocenters. The van der Waals surface area contributed by atoms with Crippen molar-refractivity contribution in [1.82, 2.24) is 5.32 Å². The lowest BCUT2D eigenvalue weighted by Crippen LogP contribution is -2.08. The third-order valence-electron chi connectivity index (χ3n) is 1.81. The number of benzene rings is 1. The summed E-state index contributed by atoms with van der Waals surface area (Å²) >= 11 is 5.76. The van der Waals surface area contributed by atoms with Crippen molar-refractivity contribution in [2.24, 2.45) is 0 Å². The zero-order chi connectivity index (χ0) is 8.81. The van der Waals surface area contributed by atoms with Crippen molar-refractivity contribution >= 4 is 24.0 Å². The Hall–Kier alpha value is -0.240. The quantitative estimate of drug-likeness (QED) is 0.769. The molecule has 0 saturated heterocycles. The minimum absolute atomic E-state index is 0. The molecule has 0 spiro atoms. The molecule has 1 N–H and O–H groups in total. The van der Waals surface area contributed by atoms with Crippen LogP contribution in [0.3, 0.4) is 0 Å². The Labute approximate surface area is 90.9 Å². The largest absolute Gasteiger partial charge is 0.320 e. The second kappa shape index (κ2) is 7.19. The lowest BCUT2D eigenvalue weighted by atomic mass is 10.1. The average molecular weight is 220 g/mol. The van der Waals surface area contributed by atoms with Crippen LogP contribution < -0.4 is 5.32 Å². The maximum absolute atomic E-state index is 5.76. The summed E-state index contributed by atoms with van der Waals surface area (Å²) < 4.78 is 0. The Morgan fingerprint density at radius 2 is 1.85 bits per heavy atom. The maximum atomic E-state index is 5.76. The molecule has 0 aliphatic rings. The first kappa shape index (κ1) is 12.8. The van der Waals surface area contributed by atoms with Gasteiger partial charge in [0.15, 0.2) is 0 Å². The van der Waals surface area contributed by atoms with E-state index in [1.807, 2.05) is 19.2 Å². The van der Waals surface area contributed by atoms with Gasteiger partial charge in [0.1, 0.15) is 0 Å². The summed E-state index contributed by atoms with van der Waals surface area (Å²) in [6.45, 7) is 1.07. The van der Waals surface area contributed by atoms with Crippen LogP contribution in [0.1, 0.15) is 12.0 Å². The number of halogens is 2. The summed E-state index contributed by atoms with van der Waals surface area (Å²) in [5.41, 5.74) is 1.36. The molecule has 1 rings (SSSR count). The molecule has 1 aromatic carbocycles. The van der Waals surface area contributed by atoms with E-state index in [0.717, 1.165) is 18.0 Å². The Kier molecular flexibility index (Phi) is 7.06. The molecule has 0 unspecified atom stereocenters. The molecule has 0 aliphatic carbocycles. The van der Waals surface area contributed by atoms with Crippen molar-refractivity contribution in [3.8, 4) is 0 Å². The van der Waals surface area contributed by atoms with Crippen molar-refractivity contribution in [3.63, 3.8) is 0 Å². The minimum atomic E-state index is 0. The smallest absolute Gasteiger partial charge is 0.0406 e. The molecule has 0 heterocycles. The van der Waals surface area contributed by atoms with E-state index in [1.54, 1.807) is 0 Å².